The van der Waals surface area contributed by atoms with Crippen molar-refractivity contribution in [2.24, 2.45) is 0 Å². The number of hydrogen-bond donors (Lipinski definition) is 3. The molecule has 5 heteroatoms. The Hall–Kier alpha value is -1.65. The van der Waals surface area contributed by atoms with E-state index in [2.05, 4.69) is 5.32 Å². The topological polar surface area (TPSA) is 90.3 Å². The first-order valence-electron chi connectivity index (χ1n) is 3.69. The molecule has 1 unspecified atom stereocenters. The lowest BCUT2D eigenvalue weighted by Crippen LogP contribution is -2.37. The van der Waals surface area contributed by atoms with Crippen LogP contribution in [0.2, 0.25) is 0 Å². The Morgan fingerprint density at radius 3 is 2.46 bits per heavy atom. The molecule has 0 aliphatic carbocycles. The number of carbonyl (C=O) groups excluding carboxylic acids is 1. The zero-order chi connectivity index (χ0) is 10.4. The van der Waals surface area contributed by atoms with E-state index in [4.69, 9.17) is 10.5 Å². The number of allylic oxidation sites excluding steroid dienone is 1. The highest BCUT2D eigenvalue weighted by atomic mass is 16.4. The van der Waals surface area contributed by atoms with E-state index in [0.29, 0.717) is 5.57 Å². The quantitative estimate of drug-likeness (QED) is 0.429. The van der Waals surface area contributed by atoms with Crippen molar-refractivity contribution >= 4 is 18.1 Å². The maximum atomic E-state index is 11.0. The Kier molecular flexibility index (Phi) is 4.43. The second-order valence-corrected chi connectivity index (χ2v) is 2.60. The third-order valence-electron chi connectivity index (χ3n) is 1.32. The van der Waals surface area contributed by atoms with Gasteiger partial charge in [-0.1, -0.05) is 0 Å². The second kappa shape index (κ2) is 5.08. The van der Waals surface area contributed by atoms with Crippen molar-refractivity contribution in [3.63, 3.8) is 0 Å². The number of carboxylic acid groups (broad SMARTS) is 1. The summed E-state index contributed by atoms with van der Waals surface area (Å²) in [6.45, 7) is 2.95. The molecule has 1 atom stereocenters. The van der Waals surface area contributed by atoms with Gasteiger partial charge >= 0.3 is 5.97 Å². The number of rotatable bonds is 4. The van der Waals surface area contributed by atoms with Crippen LogP contribution in [0.4, 0.5) is 0 Å². The first kappa shape index (κ1) is 11.4. The highest BCUT2D eigenvalue weighted by molar-refractivity contribution is 5.95. The molecule has 0 spiro atoms. The molecule has 0 bridgehead atoms. The maximum Gasteiger partial charge on any atom is 0.325 e. The van der Waals surface area contributed by atoms with Crippen LogP contribution in [0.15, 0.2) is 11.6 Å². The highest BCUT2D eigenvalue weighted by Crippen LogP contribution is 1.88. The summed E-state index contributed by atoms with van der Waals surface area (Å²) in [6, 6.07) is -0.915. The fourth-order valence-corrected chi connectivity index (χ4v) is 0.565. The first-order valence-corrected chi connectivity index (χ1v) is 3.69. The van der Waals surface area contributed by atoms with E-state index in [1.165, 1.54) is 13.0 Å². The summed E-state index contributed by atoms with van der Waals surface area (Å²) in [6.07, 6.45) is 2.19. The molecule has 0 radical (unpaired) electrons. The summed E-state index contributed by atoms with van der Waals surface area (Å²) in [5.74, 6) is -1.59. The van der Waals surface area contributed by atoms with Crippen molar-refractivity contribution in [3.05, 3.63) is 11.6 Å². The molecule has 3 N–H and O–H groups in total. The largest absolute Gasteiger partial charge is 0.480 e. The molecule has 0 rings (SSSR count). The highest BCUT2D eigenvalue weighted by Gasteiger charge is 2.11. The summed E-state index contributed by atoms with van der Waals surface area (Å²) >= 11 is 0. The molecule has 0 saturated heterocycles. The minimum atomic E-state index is -1.09. The molecule has 0 saturated carbocycles. The average molecular weight is 184 g/mol. The zero-order valence-electron chi connectivity index (χ0n) is 7.50. The molecule has 0 heterocycles. The third-order valence-corrected chi connectivity index (χ3v) is 1.32. The fourth-order valence-electron chi connectivity index (χ4n) is 0.565. The Balaban J connectivity index is 4.16. The molecule has 5 nitrogen and oxygen atoms in total. The molecule has 0 fully saturated rings. The summed E-state index contributed by atoms with van der Waals surface area (Å²) in [7, 11) is 0. The lowest BCUT2D eigenvalue weighted by molar-refractivity contribution is -0.140. The zero-order valence-corrected chi connectivity index (χ0v) is 7.50. The Labute approximate surface area is 76.0 Å². The SMILES string of the molecule is CC(C=N)=CC(=O)NC(C)C(=O)O. The molecule has 0 aromatic heterocycles. The average Bonchev–Trinajstić information content (AvgIpc) is 2.03. The minimum Gasteiger partial charge on any atom is -0.480 e. The third kappa shape index (κ3) is 4.73. The van der Waals surface area contributed by atoms with Crippen molar-refractivity contribution in [1.82, 2.24) is 5.32 Å². The van der Waals surface area contributed by atoms with Gasteiger partial charge in [0.2, 0.25) is 5.91 Å². The van der Waals surface area contributed by atoms with Gasteiger partial charge < -0.3 is 15.8 Å². The van der Waals surface area contributed by atoms with Gasteiger partial charge in [-0.05, 0) is 19.4 Å². The van der Waals surface area contributed by atoms with Crippen LogP contribution < -0.4 is 5.32 Å². The minimum absolute atomic E-state index is 0.468. The molecule has 72 valence electrons. The summed E-state index contributed by atoms with van der Waals surface area (Å²) in [4.78, 5) is 21.3. The molecule has 0 aliphatic rings. The van der Waals surface area contributed by atoms with Crippen LogP contribution >= 0.6 is 0 Å². The predicted octanol–water partition coefficient (Wildman–Crippen LogP) is 0.172. The van der Waals surface area contributed by atoms with Crippen LogP contribution in [0.3, 0.4) is 0 Å². The maximum absolute atomic E-state index is 11.0. The van der Waals surface area contributed by atoms with Crippen LogP contribution in [0, 0.1) is 5.41 Å². The van der Waals surface area contributed by atoms with E-state index in [1.807, 2.05) is 0 Å². The lowest BCUT2D eigenvalue weighted by atomic mass is 10.3. The van der Waals surface area contributed by atoms with E-state index in [1.54, 1.807) is 6.92 Å². The van der Waals surface area contributed by atoms with Gasteiger partial charge in [0.15, 0.2) is 0 Å². The van der Waals surface area contributed by atoms with Gasteiger partial charge in [-0.15, -0.1) is 0 Å². The summed E-state index contributed by atoms with van der Waals surface area (Å²) < 4.78 is 0. The van der Waals surface area contributed by atoms with Crippen LogP contribution in [-0.2, 0) is 9.59 Å². The molecular weight excluding hydrogens is 172 g/mol. The normalized spacial score (nSPS) is 13.2. The van der Waals surface area contributed by atoms with E-state index >= 15 is 0 Å². The van der Waals surface area contributed by atoms with Crippen LogP contribution in [0.5, 0.6) is 0 Å². The molecule has 0 aromatic carbocycles. The van der Waals surface area contributed by atoms with Gasteiger partial charge in [0, 0.05) is 12.3 Å². The van der Waals surface area contributed by atoms with E-state index in [0.717, 1.165) is 6.21 Å². The smallest absolute Gasteiger partial charge is 0.325 e. The van der Waals surface area contributed by atoms with Crippen molar-refractivity contribution in [2.75, 3.05) is 0 Å². The van der Waals surface area contributed by atoms with Crippen LogP contribution in [0.1, 0.15) is 13.8 Å². The molecule has 1 amide bonds. The summed E-state index contributed by atoms with van der Waals surface area (Å²) in [5, 5.41) is 17.4. The molecule has 0 aliphatic heterocycles. The van der Waals surface area contributed by atoms with Crippen LogP contribution in [0.25, 0.3) is 0 Å². The number of amides is 1. The standard InChI is InChI=1S/C8H12N2O3/c1-5(4-9)3-7(11)10-6(2)8(12)13/h3-4,6,9H,1-2H3,(H,10,11)(H,12,13). The van der Waals surface area contributed by atoms with Gasteiger partial charge in [-0.25, -0.2) is 0 Å². The van der Waals surface area contributed by atoms with E-state index < -0.39 is 17.9 Å². The summed E-state index contributed by atoms with van der Waals surface area (Å²) in [5.41, 5.74) is 0.468. The first-order chi connectivity index (χ1) is 5.97. The Morgan fingerprint density at radius 2 is 2.08 bits per heavy atom. The molecular formula is C8H12N2O3. The number of nitrogens with one attached hydrogen (secondary N) is 2. The second-order valence-electron chi connectivity index (χ2n) is 2.60. The van der Waals surface area contributed by atoms with Crippen molar-refractivity contribution in [3.8, 4) is 0 Å². The number of hydrogen-bond acceptors (Lipinski definition) is 3. The fraction of sp³-hybridized carbons (Fsp3) is 0.375. The van der Waals surface area contributed by atoms with E-state index in [9.17, 15) is 9.59 Å². The van der Waals surface area contributed by atoms with E-state index in [-0.39, 0.29) is 0 Å². The van der Waals surface area contributed by atoms with Crippen molar-refractivity contribution < 1.29 is 14.7 Å². The number of carboxylic acids is 1. The van der Waals surface area contributed by atoms with Gasteiger partial charge in [0.1, 0.15) is 6.04 Å². The van der Waals surface area contributed by atoms with Crippen molar-refractivity contribution in [2.45, 2.75) is 19.9 Å². The monoisotopic (exact) mass is 184 g/mol. The number of carbonyl (C=O) groups is 2. The molecule has 0 aromatic rings. The van der Waals surface area contributed by atoms with Crippen LogP contribution in [-0.4, -0.2) is 29.2 Å². The Morgan fingerprint density at radius 1 is 1.54 bits per heavy atom. The number of aliphatic carboxylic acids is 1. The van der Waals surface area contributed by atoms with Gasteiger partial charge in [-0.2, -0.15) is 0 Å². The van der Waals surface area contributed by atoms with Gasteiger partial charge in [0.25, 0.3) is 0 Å². The predicted molar refractivity (Wildman–Crippen MR) is 47.8 cm³/mol. The van der Waals surface area contributed by atoms with Crippen molar-refractivity contribution in [1.29, 1.82) is 5.41 Å². The van der Waals surface area contributed by atoms with Gasteiger partial charge in [-0.3, -0.25) is 9.59 Å². The lowest BCUT2D eigenvalue weighted by Gasteiger charge is -2.06. The molecule has 13 heavy (non-hydrogen) atoms. The Bertz CT molecular complexity index is 258. The van der Waals surface area contributed by atoms with Gasteiger partial charge in [0.05, 0.1) is 0 Å².